The van der Waals surface area contributed by atoms with Crippen LogP contribution >= 0.6 is 0 Å². The number of hydrogen-bond donors (Lipinski definition) is 1. The fourth-order valence-electron chi connectivity index (χ4n) is 3.14. The van der Waals surface area contributed by atoms with Crippen LogP contribution in [-0.4, -0.2) is 37.3 Å². The van der Waals surface area contributed by atoms with E-state index in [0.717, 1.165) is 23.2 Å². The number of nitrogens with zero attached hydrogens (tertiary/aromatic N) is 4. The summed E-state index contributed by atoms with van der Waals surface area (Å²) in [7, 11) is 1.87. The molecule has 0 bridgehead atoms. The molecule has 1 saturated heterocycles. The first-order valence-corrected chi connectivity index (χ1v) is 8.15. The molecule has 1 N–H and O–H groups in total. The van der Waals surface area contributed by atoms with Gasteiger partial charge in [-0.05, 0) is 37.1 Å². The zero-order valence-corrected chi connectivity index (χ0v) is 14.0. The van der Waals surface area contributed by atoms with Crippen LogP contribution in [0.25, 0.3) is 11.3 Å². The normalized spacial score (nSPS) is 16.8. The third-order valence-corrected chi connectivity index (χ3v) is 4.85. The van der Waals surface area contributed by atoms with Gasteiger partial charge in [-0.25, -0.2) is 4.39 Å². The van der Waals surface area contributed by atoms with Gasteiger partial charge < -0.3 is 4.90 Å². The molecule has 0 radical (unpaired) electrons. The molecule has 1 fully saturated rings. The van der Waals surface area contributed by atoms with Crippen LogP contribution < -0.4 is 0 Å². The molecule has 7 heteroatoms. The quantitative estimate of drug-likeness (QED) is 0.798. The molecule has 3 heterocycles. The lowest BCUT2D eigenvalue weighted by molar-refractivity contribution is 0.0454. The molecule has 1 aliphatic rings. The van der Waals surface area contributed by atoms with Crippen LogP contribution in [0.15, 0.2) is 36.5 Å². The van der Waals surface area contributed by atoms with Gasteiger partial charge in [0, 0.05) is 24.8 Å². The van der Waals surface area contributed by atoms with Crippen molar-refractivity contribution in [2.75, 3.05) is 6.54 Å². The summed E-state index contributed by atoms with van der Waals surface area (Å²) >= 11 is 0. The number of H-pyrrole nitrogens is 1. The number of nitrogens with one attached hydrogen (secondary N) is 1. The maximum absolute atomic E-state index is 13.1. The van der Waals surface area contributed by atoms with Gasteiger partial charge in [0.15, 0.2) is 0 Å². The molecule has 1 aliphatic heterocycles. The van der Waals surface area contributed by atoms with Gasteiger partial charge in [-0.3, -0.25) is 14.6 Å². The van der Waals surface area contributed by atoms with E-state index >= 15 is 0 Å². The number of rotatable bonds is 3. The van der Waals surface area contributed by atoms with Crippen molar-refractivity contribution in [1.29, 1.82) is 0 Å². The van der Waals surface area contributed by atoms with Gasteiger partial charge in [0.2, 0.25) is 0 Å². The monoisotopic (exact) mass is 339 g/mol. The Labute approximate surface area is 144 Å². The number of halogens is 1. The van der Waals surface area contributed by atoms with Crippen LogP contribution in [0.2, 0.25) is 0 Å². The second-order valence-electron chi connectivity index (χ2n) is 6.29. The van der Waals surface area contributed by atoms with E-state index in [1.807, 2.05) is 14.0 Å². The van der Waals surface area contributed by atoms with Crippen molar-refractivity contribution in [3.8, 4) is 11.3 Å². The van der Waals surface area contributed by atoms with Crippen LogP contribution in [0.3, 0.4) is 0 Å². The van der Waals surface area contributed by atoms with E-state index < -0.39 is 0 Å². The summed E-state index contributed by atoms with van der Waals surface area (Å²) in [5.74, 6) is -0.369. The molecule has 1 aromatic carbocycles. The lowest BCUT2D eigenvalue weighted by atomic mass is 9.94. The number of aryl methyl sites for hydroxylation is 1. The van der Waals surface area contributed by atoms with Crippen LogP contribution in [0.5, 0.6) is 0 Å². The number of hydrogen-bond acceptors (Lipinski definition) is 3. The maximum atomic E-state index is 13.1. The molecule has 2 aromatic heterocycles. The minimum atomic E-state index is -0.272. The predicted octanol–water partition coefficient (Wildman–Crippen LogP) is 2.84. The van der Waals surface area contributed by atoms with Gasteiger partial charge in [0.05, 0.1) is 17.9 Å². The average molecular weight is 339 g/mol. The minimum Gasteiger partial charge on any atom is -0.330 e. The number of aromatic amines is 1. The zero-order valence-electron chi connectivity index (χ0n) is 14.0. The lowest BCUT2D eigenvalue weighted by Crippen LogP contribution is -2.45. The third kappa shape index (κ3) is 2.61. The number of amides is 1. The van der Waals surface area contributed by atoms with Gasteiger partial charge in [0.1, 0.15) is 11.5 Å². The molecule has 1 unspecified atom stereocenters. The van der Waals surface area contributed by atoms with E-state index in [1.165, 1.54) is 12.1 Å². The van der Waals surface area contributed by atoms with E-state index in [4.69, 9.17) is 0 Å². The SMILES string of the molecule is Cc1c(-c2cc(C(=O)N3CCC3c3ccc(F)cc3)[nH]n2)cnn1C. The number of carbonyl (C=O) groups is 1. The van der Waals surface area contributed by atoms with Crippen molar-refractivity contribution in [3.05, 3.63) is 59.3 Å². The molecule has 0 saturated carbocycles. The van der Waals surface area contributed by atoms with Crippen LogP contribution in [0.4, 0.5) is 4.39 Å². The van der Waals surface area contributed by atoms with Crippen LogP contribution in [0, 0.1) is 12.7 Å². The Hall–Kier alpha value is -2.96. The first kappa shape index (κ1) is 15.6. The summed E-state index contributed by atoms with van der Waals surface area (Å²) in [5.41, 5.74) is 3.98. The first-order chi connectivity index (χ1) is 12.0. The Morgan fingerprint density at radius 1 is 1.32 bits per heavy atom. The highest BCUT2D eigenvalue weighted by Gasteiger charge is 2.34. The summed E-state index contributed by atoms with van der Waals surface area (Å²) in [6, 6.07) is 8.06. The average Bonchev–Trinajstić information content (AvgIpc) is 3.16. The fourth-order valence-corrected chi connectivity index (χ4v) is 3.14. The smallest absolute Gasteiger partial charge is 0.272 e. The second-order valence-corrected chi connectivity index (χ2v) is 6.29. The molecule has 1 atom stereocenters. The maximum Gasteiger partial charge on any atom is 0.272 e. The number of likely N-dealkylation sites (tertiary alicyclic amines) is 1. The summed E-state index contributed by atoms with van der Waals surface area (Å²) in [5, 5.41) is 11.3. The van der Waals surface area contributed by atoms with E-state index in [9.17, 15) is 9.18 Å². The highest BCUT2D eigenvalue weighted by Crippen LogP contribution is 2.34. The molecule has 3 aromatic rings. The summed E-state index contributed by atoms with van der Waals surface area (Å²) in [6.07, 6.45) is 2.62. The minimum absolute atomic E-state index is 0.0139. The number of aromatic nitrogens is 4. The predicted molar refractivity (Wildman–Crippen MR) is 90.3 cm³/mol. The standard InChI is InChI=1S/C18H18FN5O/c1-11-14(10-20-23(11)2)15-9-16(22-21-15)18(25)24-8-7-17(24)12-3-5-13(19)6-4-12/h3-6,9-10,17H,7-8H2,1-2H3,(H,21,22). The molecular formula is C18H18FN5O. The fraction of sp³-hybridized carbons (Fsp3) is 0.278. The van der Waals surface area contributed by atoms with Crippen molar-refractivity contribution >= 4 is 5.91 Å². The van der Waals surface area contributed by atoms with Gasteiger partial charge in [-0.1, -0.05) is 12.1 Å². The van der Waals surface area contributed by atoms with Crippen molar-refractivity contribution in [3.63, 3.8) is 0 Å². The molecule has 128 valence electrons. The number of benzene rings is 1. The summed E-state index contributed by atoms with van der Waals surface area (Å²) in [6.45, 7) is 2.64. The molecule has 4 rings (SSSR count). The van der Waals surface area contributed by atoms with Crippen LogP contribution in [0.1, 0.15) is 34.2 Å². The number of carbonyl (C=O) groups excluding carboxylic acids is 1. The van der Waals surface area contributed by atoms with Crippen molar-refractivity contribution in [2.24, 2.45) is 7.05 Å². The third-order valence-electron chi connectivity index (χ3n) is 4.85. The molecule has 1 amide bonds. The van der Waals surface area contributed by atoms with E-state index in [2.05, 4.69) is 15.3 Å². The molecule has 6 nitrogen and oxygen atoms in total. The van der Waals surface area contributed by atoms with Crippen LogP contribution in [-0.2, 0) is 7.05 Å². The molecular weight excluding hydrogens is 321 g/mol. The molecule has 0 spiro atoms. The Morgan fingerprint density at radius 2 is 2.08 bits per heavy atom. The summed E-state index contributed by atoms with van der Waals surface area (Å²) < 4.78 is 14.9. The highest BCUT2D eigenvalue weighted by atomic mass is 19.1. The van der Waals surface area contributed by atoms with Crippen molar-refractivity contribution in [2.45, 2.75) is 19.4 Å². The Bertz CT molecular complexity index is 927. The Balaban J connectivity index is 1.55. The molecule has 0 aliphatic carbocycles. The lowest BCUT2D eigenvalue weighted by Gasteiger charge is -2.41. The van der Waals surface area contributed by atoms with Gasteiger partial charge in [0.25, 0.3) is 5.91 Å². The topological polar surface area (TPSA) is 66.8 Å². The summed E-state index contributed by atoms with van der Waals surface area (Å²) in [4.78, 5) is 14.6. The van der Waals surface area contributed by atoms with E-state index in [1.54, 1.807) is 34.0 Å². The van der Waals surface area contributed by atoms with Crippen molar-refractivity contribution < 1.29 is 9.18 Å². The molecule has 25 heavy (non-hydrogen) atoms. The first-order valence-electron chi connectivity index (χ1n) is 8.15. The van der Waals surface area contributed by atoms with Crippen molar-refractivity contribution in [1.82, 2.24) is 24.9 Å². The zero-order chi connectivity index (χ0) is 17.6. The largest absolute Gasteiger partial charge is 0.330 e. The van der Waals surface area contributed by atoms with E-state index in [-0.39, 0.29) is 17.8 Å². The Morgan fingerprint density at radius 3 is 2.68 bits per heavy atom. The highest BCUT2D eigenvalue weighted by molar-refractivity contribution is 5.94. The van der Waals surface area contributed by atoms with Gasteiger partial charge in [-0.15, -0.1) is 0 Å². The van der Waals surface area contributed by atoms with Gasteiger partial charge >= 0.3 is 0 Å². The second kappa shape index (κ2) is 5.84. The van der Waals surface area contributed by atoms with Gasteiger partial charge in [-0.2, -0.15) is 10.2 Å². The Kier molecular flexibility index (Phi) is 3.63. The van der Waals surface area contributed by atoms with E-state index in [0.29, 0.717) is 17.9 Å².